The lowest BCUT2D eigenvalue weighted by molar-refractivity contribution is 0.0946. The van der Waals surface area contributed by atoms with E-state index in [9.17, 15) is 4.79 Å². The van der Waals surface area contributed by atoms with Crippen molar-refractivity contribution >= 4 is 5.91 Å². The molecule has 1 aliphatic heterocycles. The third-order valence-corrected chi connectivity index (χ3v) is 4.63. The van der Waals surface area contributed by atoms with Crippen LogP contribution in [0.1, 0.15) is 35.8 Å². The minimum atomic E-state index is -0.221. The number of carbonyl (C=O) groups excluding carboxylic acids is 1. The summed E-state index contributed by atoms with van der Waals surface area (Å²) in [5, 5.41) is 9.93. The molecular weight excluding hydrogens is 370 g/mol. The van der Waals surface area contributed by atoms with Crippen molar-refractivity contribution < 1.29 is 19.0 Å². The van der Waals surface area contributed by atoms with Gasteiger partial charge in [-0.15, -0.1) is 0 Å². The van der Waals surface area contributed by atoms with Crippen LogP contribution in [0.2, 0.25) is 0 Å². The van der Waals surface area contributed by atoms with Crippen LogP contribution in [0.5, 0.6) is 17.2 Å². The van der Waals surface area contributed by atoms with Crippen molar-refractivity contribution in [2.45, 2.75) is 26.3 Å². The van der Waals surface area contributed by atoms with Crippen molar-refractivity contribution in [2.75, 3.05) is 13.4 Å². The smallest absolute Gasteiger partial charge is 0.269 e. The van der Waals surface area contributed by atoms with E-state index < -0.39 is 0 Å². The highest BCUT2D eigenvalue weighted by Crippen LogP contribution is 2.32. The molecule has 1 amide bonds. The zero-order chi connectivity index (χ0) is 20.1. The molecule has 0 atom stereocenters. The SMILES string of the molecule is CCCCOc1ccc(-c2cc(C(=O)NCc3ccc4c(c3)OCO4)[nH]n2)cc1. The average Bonchev–Trinajstić information content (AvgIpc) is 3.42. The van der Waals surface area contributed by atoms with E-state index in [-0.39, 0.29) is 12.7 Å². The lowest BCUT2D eigenvalue weighted by atomic mass is 10.1. The molecule has 0 fully saturated rings. The highest BCUT2D eigenvalue weighted by molar-refractivity contribution is 5.93. The Labute approximate surface area is 169 Å². The molecule has 0 spiro atoms. The number of amides is 1. The van der Waals surface area contributed by atoms with Gasteiger partial charge < -0.3 is 19.5 Å². The van der Waals surface area contributed by atoms with Gasteiger partial charge >= 0.3 is 0 Å². The lowest BCUT2D eigenvalue weighted by Crippen LogP contribution is -2.23. The number of fused-ring (bicyclic) bond motifs is 1. The van der Waals surface area contributed by atoms with E-state index in [1.54, 1.807) is 6.07 Å². The second-order valence-corrected chi connectivity index (χ2v) is 6.76. The molecule has 2 aromatic carbocycles. The number of carbonyl (C=O) groups is 1. The largest absolute Gasteiger partial charge is 0.494 e. The van der Waals surface area contributed by atoms with Crippen LogP contribution < -0.4 is 19.5 Å². The monoisotopic (exact) mass is 393 g/mol. The Morgan fingerprint density at radius 2 is 1.97 bits per heavy atom. The molecule has 0 unspecified atom stereocenters. The van der Waals surface area contributed by atoms with Gasteiger partial charge in [0.15, 0.2) is 11.5 Å². The van der Waals surface area contributed by atoms with E-state index in [2.05, 4.69) is 22.4 Å². The van der Waals surface area contributed by atoms with Gasteiger partial charge in [0.2, 0.25) is 6.79 Å². The summed E-state index contributed by atoms with van der Waals surface area (Å²) in [5.41, 5.74) is 2.96. The summed E-state index contributed by atoms with van der Waals surface area (Å²) in [5.74, 6) is 2.03. The van der Waals surface area contributed by atoms with Crippen molar-refractivity contribution in [3.05, 3.63) is 59.8 Å². The summed E-state index contributed by atoms with van der Waals surface area (Å²) in [6.07, 6.45) is 2.14. The van der Waals surface area contributed by atoms with Crippen molar-refractivity contribution in [3.63, 3.8) is 0 Å². The number of nitrogens with zero attached hydrogens (tertiary/aromatic N) is 1. The second kappa shape index (κ2) is 8.68. The number of unbranched alkanes of at least 4 members (excludes halogenated alkanes) is 1. The number of benzene rings is 2. The fraction of sp³-hybridized carbons (Fsp3) is 0.273. The standard InChI is InChI=1S/C22H23N3O4/c1-2-3-10-27-17-7-5-16(6-8-17)18-12-19(25-24-18)22(26)23-13-15-4-9-20-21(11-15)29-14-28-20/h4-9,11-12H,2-3,10,13-14H2,1H3,(H,23,26)(H,24,25). The van der Waals surface area contributed by atoms with E-state index in [1.165, 1.54) is 0 Å². The molecule has 29 heavy (non-hydrogen) atoms. The number of ether oxygens (including phenoxy) is 3. The first-order valence-electron chi connectivity index (χ1n) is 9.68. The Balaban J connectivity index is 1.35. The van der Waals surface area contributed by atoms with Crippen molar-refractivity contribution in [2.24, 2.45) is 0 Å². The maximum absolute atomic E-state index is 12.4. The highest BCUT2D eigenvalue weighted by atomic mass is 16.7. The Kier molecular flexibility index (Phi) is 5.65. The molecule has 1 aliphatic rings. The summed E-state index contributed by atoms with van der Waals surface area (Å²) in [6, 6.07) is 15.0. The zero-order valence-corrected chi connectivity index (χ0v) is 16.2. The van der Waals surface area contributed by atoms with Gasteiger partial charge in [-0.05, 0) is 54.4 Å². The lowest BCUT2D eigenvalue weighted by Gasteiger charge is -2.05. The molecule has 4 rings (SSSR count). The molecule has 7 heteroatoms. The van der Waals surface area contributed by atoms with Crippen molar-refractivity contribution in [1.82, 2.24) is 15.5 Å². The maximum atomic E-state index is 12.4. The molecular formula is C22H23N3O4. The molecule has 0 aliphatic carbocycles. The fourth-order valence-corrected chi connectivity index (χ4v) is 2.97. The van der Waals surface area contributed by atoms with Gasteiger partial charge in [0, 0.05) is 12.1 Å². The first-order chi connectivity index (χ1) is 14.2. The molecule has 150 valence electrons. The van der Waals surface area contributed by atoms with Gasteiger partial charge in [-0.1, -0.05) is 19.4 Å². The van der Waals surface area contributed by atoms with Gasteiger partial charge in [0.1, 0.15) is 11.4 Å². The summed E-state index contributed by atoms with van der Waals surface area (Å²) in [4.78, 5) is 12.4. The first kappa shape index (κ1) is 18.9. The van der Waals surface area contributed by atoms with E-state index in [0.29, 0.717) is 30.3 Å². The van der Waals surface area contributed by atoms with Crippen LogP contribution in [-0.2, 0) is 6.54 Å². The van der Waals surface area contributed by atoms with Crippen molar-refractivity contribution in [1.29, 1.82) is 0 Å². The van der Waals surface area contributed by atoms with Crippen LogP contribution in [-0.4, -0.2) is 29.5 Å². The number of hydrogen-bond acceptors (Lipinski definition) is 5. The number of aromatic amines is 1. The van der Waals surface area contributed by atoms with Gasteiger partial charge in [0.05, 0.1) is 12.3 Å². The number of aromatic nitrogens is 2. The Hall–Kier alpha value is -3.48. The summed E-state index contributed by atoms with van der Waals surface area (Å²) in [7, 11) is 0. The van der Waals surface area contributed by atoms with E-state index in [1.807, 2.05) is 42.5 Å². The average molecular weight is 393 g/mol. The van der Waals surface area contributed by atoms with Crippen LogP contribution in [0.4, 0.5) is 0 Å². The molecule has 0 saturated heterocycles. The molecule has 2 N–H and O–H groups in total. The summed E-state index contributed by atoms with van der Waals surface area (Å²) >= 11 is 0. The first-order valence-corrected chi connectivity index (χ1v) is 9.68. The molecule has 2 heterocycles. The third kappa shape index (κ3) is 4.51. The summed E-state index contributed by atoms with van der Waals surface area (Å²) in [6.45, 7) is 3.46. The highest BCUT2D eigenvalue weighted by Gasteiger charge is 2.15. The predicted molar refractivity (Wildman–Crippen MR) is 108 cm³/mol. The van der Waals surface area contributed by atoms with Crippen LogP contribution in [0.3, 0.4) is 0 Å². The number of rotatable bonds is 8. The fourth-order valence-electron chi connectivity index (χ4n) is 2.97. The van der Waals surface area contributed by atoms with Crippen LogP contribution in [0, 0.1) is 0 Å². The van der Waals surface area contributed by atoms with Crippen molar-refractivity contribution in [3.8, 4) is 28.5 Å². The second-order valence-electron chi connectivity index (χ2n) is 6.76. The Morgan fingerprint density at radius 3 is 2.79 bits per heavy atom. The van der Waals surface area contributed by atoms with Crippen LogP contribution in [0.25, 0.3) is 11.3 Å². The molecule has 0 bridgehead atoms. The number of nitrogens with one attached hydrogen (secondary N) is 2. The van der Waals surface area contributed by atoms with Gasteiger partial charge in [-0.2, -0.15) is 5.10 Å². The molecule has 1 aromatic heterocycles. The molecule has 7 nitrogen and oxygen atoms in total. The Bertz CT molecular complexity index is 982. The predicted octanol–water partition coefficient (Wildman–Crippen LogP) is 3.91. The zero-order valence-electron chi connectivity index (χ0n) is 16.2. The van der Waals surface area contributed by atoms with E-state index in [0.717, 1.165) is 35.5 Å². The summed E-state index contributed by atoms with van der Waals surface area (Å²) < 4.78 is 16.3. The molecule has 0 radical (unpaired) electrons. The third-order valence-electron chi connectivity index (χ3n) is 4.63. The number of hydrogen-bond donors (Lipinski definition) is 2. The minimum absolute atomic E-state index is 0.221. The van der Waals surface area contributed by atoms with Crippen LogP contribution >= 0.6 is 0 Å². The van der Waals surface area contributed by atoms with E-state index >= 15 is 0 Å². The van der Waals surface area contributed by atoms with Crippen LogP contribution in [0.15, 0.2) is 48.5 Å². The Morgan fingerprint density at radius 1 is 1.14 bits per heavy atom. The normalized spacial score (nSPS) is 12.0. The van der Waals surface area contributed by atoms with E-state index in [4.69, 9.17) is 14.2 Å². The van der Waals surface area contributed by atoms with Gasteiger partial charge in [-0.25, -0.2) is 0 Å². The van der Waals surface area contributed by atoms with Gasteiger partial charge in [0.25, 0.3) is 5.91 Å². The quantitative estimate of drug-likeness (QED) is 0.567. The maximum Gasteiger partial charge on any atom is 0.269 e. The van der Waals surface area contributed by atoms with Gasteiger partial charge in [-0.3, -0.25) is 9.89 Å². The number of H-pyrrole nitrogens is 1. The molecule has 0 saturated carbocycles. The molecule has 3 aromatic rings. The topological polar surface area (TPSA) is 85.5 Å². The minimum Gasteiger partial charge on any atom is -0.494 e.